The van der Waals surface area contributed by atoms with Gasteiger partial charge in [0.25, 0.3) is 0 Å². The molecule has 0 aliphatic heterocycles. The van der Waals surface area contributed by atoms with Crippen molar-refractivity contribution in [1.29, 1.82) is 0 Å². The zero-order chi connectivity index (χ0) is 13.4. The van der Waals surface area contributed by atoms with Crippen LogP contribution in [0.15, 0.2) is 0 Å². The highest BCUT2D eigenvalue weighted by atomic mass is 16.5. The molecule has 0 fully saturated rings. The molecule has 0 aromatic rings. The fraction of sp³-hybridized carbons (Fsp3) is 1.00. The van der Waals surface area contributed by atoms with Crippen LogP contribution in [-0.4, -0.2) is 13.2 Å². The number of ether oxygens (including phenoxy) is 1. The molecular weight excluding hydrogens is 208 g/mol. The molecule has 1 heteroatoms. The third-order valence-electron chi connectivity index (χ3n) is 4.20. The molecular formula is C16H34O. The lowest BCUT2D eigenvalue weighted by molar-refractivity contribution is 0.108. The minimum atomic E-state index is 0.494. The van der Waals surface area contributed by atoms with Crippen molar-refractivity contribution in [1.82, 2.24) is 0 Å². The average Bonchev–Trinajstić information content (AvgIpc) is 2.27. The molecule has 0 heterocycles. The summed E-state index contributed by atoms with van der Waals surface area (Å²) in [7, 11) is 0. The van der Waals surface area contributed by atoms with E-state index in [-0.39, 0.29) is 0 Å². The van der Waals surface area contributed by atoms with Crippen LogP contribution in [-0.2, 0) is 4.74 Å². The summed E-state index contributed by atoms with van der Waals surface area (Å²) in [6.07, 6.45) is 7.50. The first-order valence-electron chi connectivity index (χ1n) is 7.41. The van der Waals surface area contributed by atoms with E-state index in [1.165, 1.54) is 38.5 Å². The largest absolute Gasteiger partial charge is 0.381 e. The van der Waals surface area contributed by atoms with Gasteiger partial charge in [-0.05, 0) is 36.5 Å². The van der Waals surface area contributed by atoms with E-state index in [1.807, 2.05) is 0 Å². The zero-order valence-corrected chi connectivity index (χ0v) is 13.1. The van der Waals surface area contributed by atoms with Crippen LogP contribution in [0, 0.1) is 10.8 Å². The smallest absolute Gasteiger partial charge is 0.0466 e. The first-order valence-corrected chi connectivity index (χ1v) is 7.41. The summed E-state index contributed by atoms with van der Waals surface area (Å²) in [5, 5.41) is 0. The lowest BCUT2D eigenvalue weighted by Gasteiger charge is -2.23. The van der Waals surface area contributed by atoms with Crippen LogP contribution in [0.4, 0.5) is 0 Å². The van der Waals surface area contributed by atoms with Crippen LogP contribution in [0.3, 0.4) is 0 Å². The van der Waals surface area contributed by atoms with Gasteiger partial charge in [0.2, 0.25) is 0 Å². The van der Waals surface area contributed by atoms with E-state index in [9.17, 15) is 0 Å². The van der Waals surface area contributed by atoms with Crippen molar-refractivity contribution < 1.29 is 4.74 Å². The Morgan fingerprint density at radius 2 is 1.06 bits per heavy atom. The maximum Gasteiger partial charge on any atom is 0.0466 e. The first kappa shape index (κ1) is 17.0. The summed E-state index contributed by atoms with van der Waals surface area (Å²) in [5.41, 5.74) is 0.987. The van der Waals surface area contributed by atoms with E-state index in [2.05, 4.69) is 41.5 Å². The van der Waals surface area contributed by atoms with Gasteiger partial charge in [0.05, 0.1) is 0 Å². The van der Waals surface area contributed by atoms with E-state index in [0.29, 0.717) is 10.8 Å². The van der Waals surface area contributed by atoms with E-state index >= 15 is 0 Å². The Bertz CT molecular complexity index is 162. The Kier molecular flexibility index (Phi) is 8.11. The van der Waals surface area contributed by atoms with Gasteiger partial charge >= 0.3 is 0 Å². The van der Waals surface area contributed by atoms with Crippen molar-refractivity contribution in [3.8, 4) is 0 Å². The highest BCUT2D eigenvalue weighted by molar-refractivity contribution is 4.66. The fourth-order valence-electron chi connectivity index (χ4n) is 1.76. The zero-order valence-electron chi connectivity index (χ0n) is 13.1. The molecule has 0 saturated heterocycles. The summed E-state index contributed by atoms with van der Waals surface area (Å²) in [4.78, 5) is 0. The molecule has 0 spiro atoms. The van der Waals surface area contributed by atoms with Crippen molar-refractivity contribution in [3.05, 3.63) is 0 Å². The van der Waals surface area contributed by atoms with Crippen LogP contribution in [0.5, 0.6) is 0 Å². The van der Waals surface area contributed by atoms with Gasteiger partial charge < -0.3 is 4.74 Å². The molecule has 0 N–H and O–H groups in total. The van der Waals surface area contributed by atoms with Gasteiger partial charge in [0.15, 0.2) is 0 Å². The standard InChI is InChI=1S/C16H34O/c1-7-15(3,4)11-9-13-17-14-10-12-16(5,6)8-2/h7-14H2,1-6H3. The van der Waals surface area contributed by atoms with Gasteiger partial charge in [-0.2, -0.15) is 0 Å². The molecule has 0 aromatic carbocycles. The maximum atomic E-state index is 5.71. The predicted octanol–water partition coefficient (Wildman–Crippen LogP) is 5.44. The minimum absolute atomic E-state index is 0.494. The molecule has 0 bridgehead atoms. The SMILES string of the molecule is CCC(C)(C)CCCOCCCC(C)(C)CC. The Morgan fingerprint density at radius 3 is 1.35 bits per heavy atom. The molecule has 0 rings (SSSR count). The average molecular weight is 242 g/mol. The van der Waals surface area contributed by atoms with Crippen LogP contribution in [0.25, 0.3) is 0 Å². The van der Waals surface area contributed by atoms with E-state index in [0.717, 1.165) is 13.2 Å². The Labute approximate surface area is 109 Å². The molecule has 17 heavy (non-hydrogen) atoms. The summed E-state index contributed by atoms with van der Waals surface area (Å²) in [6, 6.07) is 0. The quantitative estimate of drug-likeness (QED) is 0.464. The molecule has 0 atom stereocenters. The maximum absolute atomic E-state index is 5.71. The molecule has 0 aromatic heterocycles. The number of hydrogen-bond donors (Lipinski definition) is 0. The first-order chi connectivity index (χ1) is 7.83. The normalized spacial score (nSPS) is 13.1. The highest BCUT2D eigenvalue weighted by Crippen LogP contribution is 2.27. The van der Waals surface area contributed by atoms with E-state index in [4.69, 9.17) is 4.74 Å². The van der Waals surface area contributed by atoms with Gasteiger partial charge in [-0.15, -0.1) is 0 Å². The third-order valence-corrected chi connectivity index (χ3v) is 4.20. The van der Waals surface area contributed by atoms with E-state index in [1.54, 1.807) is 0 Å². The third kappa shape index (κ3) is 9.64. The predicted molar refractivity (Wildman–Crippen MR) is 77.4 cm³/mol. The van der Waals surface area contributed by atoms with Crippen molar-refractivity contribution in [3.63, 3.8) is 0 Å². The Balaban J connectivity index is 3.36. The van der Waals surface area contributed by atoms with Crippen molar-refractivity contribution in [2.75, 3.05) is 13.2 Å². The van der Waals surface area contributed by atoms with Crippen molar-refractivity contribution in [2.45, 2.75) is 80.1 Å². The minimum Gasteiger partial charge on any atom is -0.381 e. The van der Waals surface area contributed by atoms with Gasteiger partial charge in [-0.3, -0.25) is 0 Å². The molecule has 0 amide bonds. The van der Waals surface area contributed by atoms with Gasteiger partial charge in [-0.25, -0.2) is 0 Å². The number of hydrogen-bond acceptors (Lipinski definition) is 1. The fourth-order valence-corrected chi connectivity index (χ4v) is 1.76. The summed E-state index contributed by atoms with van der Waals surface area (Å²) < 4.78 is 5.71. The van der Waals surface area contributed by atoms with E-state index < -0.39 is 0 Å². The van der Waals surface area contributed by atoms with Gasteiger partial charge in [0, 0.05) is 13.2 Å². The lowest BCUT2D eigenvalue weighted by Crippen LogP contribution is -2.12. The molecule has 104 valence electrons. The van der Waals surface area contributed by atoms with Crippen molar-refractivity contribution in [2.24, 2.45) is 10.8 Å². The summed E-state index contributed by atoms with van der Waals surface area (Å²) in [6.45, 7) is 15.8. The second-order valence-corrected chi connectivity index (χ2v) is 6.86. The summed E-state index contributed by atoms with van der Waals surface area (Å²) >= 11 is 0. The van der Waals surface area contributed by atoms with Crippen LogP contribution in [0.1, 0.15) is 80.1 Å². The monoisotopic (exact) mass is 242 g/mol. The molecule has 0 unspecified atom stereocenters. The topological polar surface area (TPSA) is 9.23 Å². The molecule has 0 aliphatic carbocycles. The molecule has 0 saturated carbocycles. The van der Waals surface area contributed by atoms with Crippen LogP contribution < -0.4 is 0 Å². The lowest BCUT2D eigenvalue weighted by atomic mass is 9.85. The Hall–Kier alpha value is -0.0400. The molecule has 0 aliphatic rings. The van der Waals surface area contributed by atoms with Gasteiger partial charge in [-0.1, -0.05) is 54.4 Å². The number of rotatable bonds is 10. The second kappa shape index (κ2) is 8.13. The van der Waals surface area contributed by atoms with Gasteiger partial charge in [0.1, 0.15) is 0 Å². The highest BCUT2D eigenvalue weighted by Gasteiger charge is 2.15. The van der Waals surface area contributed by atoms with Crippen molar-refractivity contribution >= 4 is 0 Å². The summed E-state index contributed by atoms with van der Waals surface area (Å²) in [5.74, 6) is 0. The molecule has 1 nitrogen and oxygen atoms in total. The molecule has 0 radical (unpaired) electrons. The van der Waals surface area contributed by atoms with Crippen LogP contribution >= 0.6 is 0 Å². The van der Waals surface area contributed by atoms with Crippen LogP contribution in [0.2, 0.25) is 0 Å². The Morgan fingerprint density at radius 1 is 0.706 bits per heavy atom. The second-order valence-electron chi connectivity index (χ2n) is 6.86.